The van der Waals surface area contributed by atoms with E-state index in [0.29, 0.717) is 4.47 Å². The number of hydrogen-bond donors (Lipinski definition) is 1. The number of nitriles is 1. The van der Waals surface area contributed by atoms with Crippen molar-refractivity contribution in [2.75, 3.05) is 0 Å². The molecule has 2 rings (SSSR count). The van der Waals surface area contributed by atoms with Crippen molar-refractivity contribution < 1.29 is 17.5 Å². The summed E-state index contributed by atoms with van der Waals surface area (Å²) in [4.78, 5) is -0.0762. The third kappa shape index (κ3) is 3.58. The van der Waals surface area contributed by atoms with E-state index in [4.69, 9.17) is 15.1 Å². The number of hydrogen-bond acceptors (Lipinski definition) is 4. The number of ether oxygens (including phenoxy) is 1. The van der Waals surface area contributed by atoms with Crippen LogP contribution in [0, 0.1) is 17.1 Å². The number of halogens is 2. The first-order chi connectivity index (χ1) is 9.81. The molecule has 0 fully saturated rings. The molecule has 2 aromatic carbocycles. The van der Waals surface area contributed by atoms with E-state index in [2.05, 4.69) is 15.9 Å². The average molecular weight is 371 g/mol. The molecule has 0 saturated heterocycles. The zero-order valence-electron chi connectivity index (χ0n) is 10.4. The van der Waals surface area contributed by atoms with Gasteiger partial charge in [-0.15, -0.1) is 0 Å². The summed E-state index contributed by atoms with van der Waals surface area (Å²) in [6, 6.07) is 9.44. The molecular formula is C13H8BrFN2O3S. The van der Waals surface area contributed by atoms with Gasteiger partial charge in [-0.3, -0.25) is 0 Å². The number of primary sulfonamides is 1. The van der Waals surface area contributed by atoms with Gasteiger partial charge in [0.1, 0.15) is 23.4 Å². The fourth-order valence-electron chi connectivity index (χ4n) is 1.52. The van der Waals surface area contributed by atoms with Crippen molar-refractivity contribution in [2.45, 2.75) is 4.90 Å². The second-order valence-electron chi connectivity index (χ2n) is 3.99. The maximum atomic E-state index is 13.5. The number of benzene rings is 2. The van der Waals surface area contributed by atoms with E-state index in [1.54, 1.807) is 6.07 Å². The minimum atomic E-state index is -3.81. The molecule has 0 spiro atoms. The van der Waals surface area contributed by atoms with Crippen LogP contribution in [0.25, 0.3) is 0 Å². The Morgan fingerprint density at radius 2 is 1.95 bits per heavy atom. The van der Waals surface area contributed by atoms with Crippen LogP contribution < -0.4 is 9.88 Å². The topological polar surface area (TPSA) is 93.2 Å². The van der Waals surface area contributed by atoms with E-state index in [1.165, 1.54) is 30.3 Å². The maximum absolute atomic E-state index is 13.5. The first-order valence-corrected chi connectivity index (χ1v) is 7.85. The first-order valence-electron chi connectivity index (χ1n) is 5.51. The smallest absolute Gasteiger partial charge is 0.238 e. The van der Waals surface area contributed by atoms with Crippen LogP contribution in [-0.4, -0.2) is 8.42 Å². The van der Waals surface area contributed by atoms with Gasteiger partial charge >= 0.3 is 0 Å². The quantitative estimate of drug-likeness (QED) is 0.898. The van der Waals surface area contributed by atoms with Gasteiger partial charge in [0.25, 0.3) is 0 Å². The summed E-state index contributed by atoms with van der Waals surface area (Å²) in [5.41, 5.74) is -0.0917. The SMILES string of the molecule is N#Cc1ccc(Oc2ccc(S(N)(=O)=O)cc2Br)cc1F. The van der Waals surface area contributed by atoms with Gasteiger partial charge in [0.05, 0.1) is 14.9 Å². The van der Waals surface area contributed by atoms with Crippen LogP contribution >= 0.6 is 15.9 Å². The van der Waals surface area contributed by atoms with Crippen molar-refractivity contribution >= 4 is 26.0 Å². The van der Waals surface area contributed by atoms with Gasteiger partial charge in [0.15, 0.2) is 0 Å². The lowest BCUT2D eigenvalue weighted by Crippen LogP contribution is -2.11. The van der Waals surface area contributed by atoms with Crippen LogP contribution in [0.2, 0.25) is 0 Å². The van der Waals surface area contributed by atoms with Crippen LogP contribution in [0.1, 0.15) is 5.56 Å². The number of nitrogens with zero attached hydrogens (tertiary/aromatic N) is 1. The maximum Gasteiger partial charge on any atom is 0.238 e. The van der Waals surface area contributed by atoms with Crippen molar-refractivity contribution in [2.24, 2.45) is 5.14 Å². The molecule has 108 valence electrons. The second-order valence-corrected chi connectivity index (χ2v) is 6.41. The molecule has 8 heteroatoms. The highest BCUT2D eigenvalue weighted by Gasteiger charge is 2.12. The Morgan fingerprint density at radius 1 is 1.24 bits per heavy atom. The third-order valence-corrected chi connectivity index (χ3v) is 4.05. The summed E-state index contributed by atoms with van der Waals surface area (Å²) in [5.74, 6) is -0.241. The Kier molecular flexibility index (Phi) is 4.27. The van der Waals surface area contributed by atoms with Gasteiger partial charge < -0.3 is 4.74 Å². The van der Waals surface area contributed by atoms with E-state index in [9.17, 15) is 12.8 Å². The number of nitrogens with two attached hydrogens (primary N) is 1. The molecule has 0 aromatic heterocycles. The molecular weight excluding hydrogens is 363 g/mol. The Morgan fingerprint density at radius 3 is 2.48 bits per heavy atom. The molecule has 2 N–H and O–H groups in total. The van der Waals surface area contributed by atoms with Gasteiger partial charge in [0, 0.05) is 6.07 Å². The summed E-state index contributed by atoms with van der Waals surface area (Å²) in [6.07, 6.45) is 0. The van der Waals surface area contributed by atoms with Gasteiger partial charge in [-0.25, -0.2) is 17.9 Å². The fourth-order valence-corrected chi connectivity index (χ4v) is 2.67. The van der Waals surface area contributed by atoms with Gasteiger partial charge in [-0.1, -0.05) is 0 Å². The third-order valence-electron chi connectivity index (χ3n) is 2.52. The lowest BCUT2D eigenvalue weighted by molar-refractivity contribution is 0.473. The predicted octanol–water partition coefficient (Wildman–Crippen LogP) is 2.90. The van der Waals surface area contributed by atoms with Crippen molar-refractivity contribution in [1.82, 2.24) is 0 Å². The molecule has 0 heterocycles. The van der Waals surface area contributed by atoms with Crippen LogP contribution in [0.15, 0.2) is 45.8 Å². The minimum Gasteiger partial charge on any atom is -0.456 e. The molecule has 0 unspecified atom stereocenters. The predicted molar refractivity (Wildman–Crippen MR) is 76.7 cm³/mol. The monoisotopic (exact) mass is 370 g/mol. The van der Waals surface area contributed by atoms with Crippen LogP contribution in [0.3, 0.4) is 0 Å². The van der Waals surface area contributed by atoms with Gasteiger partial charge in [-0.2, -0.15) is 5.26 Å². The minimum absolute atomic E-state index is 0.0762. The molecule has 0 saturated carbocycles. The number of rotatable bonds is 3. The number of sulfonamides is 1. The largest absolute Gasteiger partial charge is 0.456 e. The Hall–Kier alpha value is -1.95. The molecule has 21 heavy (non-hydrogen) atoms. The Bertz CT molecular complexity index is 847. The zero-order valence-corrected chi connectivity index (χ0v) is 12.8. The summed E-state index contributed by atoms with van der Waals surface area (Å²) in [6.45, 7) is 0. The summed E-state index contributed by atoms with van der Waals surface area (Å²) in [7, 11) is -3.81. The van der Waals surface area contributed by atoms with Crippen molar-refractivity contribution in [3.8, 4) is 17.6 Å². The fraction of sp³-hybridized carbons (Fsp3) is 0. The molecule has 0 amide bonds. The van der Waals surface area contributed by atoms with Crippen LogP contribution in [0.5, 0.6) is 11.5 Å². The summed E-state index contributed by atoms with van der Waals surface area (Å²) < 4.78 is 41.6. The molecule has 2 aromatic rings. The Balaban J connectivity index is 2.33. The molecule has 0 radical (unpaired) electrons. The zero-order chi connectivity index (χ0) is 15.6. The highest BCUT2D eigenvalue weighted by Crippen LogP contribution is 2.32. The van der Waals surface area contributed by atoms with Crippen LogP contribution in [-0.2, 0) is 10.0 Å². The second kappa shape index (κ2) is 5.81. The van der Waals surface area contributed by atoms with E-state index in [-0.39, 0.29) is 22.0 Å². The first kappa shape index (κ1) is 15.4. The van der Waals surface area contributed by atoms with Crippen molar-refractivity contribution in [3.63, 3.8) is 0 Å². The van der Waals surface area contributed by atoms with Gasteiger partial charge in [0.2, 0.25) is 10.0 Å². The molecule has 0 aliphatic carbocycles. The summed E-state index contributed by atoms with van der Waals surface area (Å²) in [5, 5.41) is 13.7. The molecule has 0 bridgehead atoms. The lowest BCUT2D eigenvalue weighted by atomic mass is 10.2. The van der Waals surface area contributed by atoms with E-state index < -0.39 is 15.8 Å². The summed E-state index contributed by atoms with van der Waals surface area (Å²) >= 11 is 3.15. The standard InChI is InChI=1S/C13H8BrFN2O3S/c14-11-6-10(21(17,18)19)3-4-13(11)20-9-2-1-8(7-16)12(15)5-9/h1-6H,(H2,17,18,19). The van der Waals surface area contributed by atoms with E-state index in [0.717, 1.165) is 6.07 Å². The molecule has 0 aliphatic heterocycles. The highest BCUT2D eigenvalue weighted by molar-refractivity contribution is 9.10. The van der Waals surface area contributed by atoms with Crippen molar-refractivity contribution in [3.05, 3.63) is 52.3 Å². The molecule has 0 aliphatic rings. The Labute approximate surface area is 128 Å². The van der Waals surface area contributed by atoms with Crippen LogP contribution in [0.4, 0.5) is 4.39 Å². The van der Waals surface area contributed by atoms with Gasteiger partial charge in [-0.05, 0) is 46.3 Å². The normalized spacial score (nSPS) is 11.0. The molecule has 0 atom stereocenters. The van der Waals surface area contributed by atoms with Crippen molar-refractivity contribution in [1.29, 1.82) is 5.26 Å². The average Bonchev–Trinajstić information content (AvgIpc) is 2.40. The molecule has 5 nitrogen and oxygen atoms in total. The van der Waals surface area contributed by atoms with E-state index in [1.807, 2.05) is 0 Å². The van der Waals surface area contributed by atoms with E-state index >= 15 is 0 Å². The highest BCUT2D eigenvalue weighted by atomic mass is 79.9. The lowest BCUT2D eigenvalue weighted by Gasteiger charge is -2.09.